The van der Waals surface area contributed by atoms with Crippen LogP contribution in [0.3, 0.4) is 0 Å². The quantitative estimate of drug-likeness (QED) is 0.112. The molecule has 4 aliphatic carbocycles. The molecular weight excluding hydrogens is 1740 g/mol. The maximum atomic E-state index is 12.5. The SMILES string of the molecule is Cc1ccc(C2=Cc3c(-c4cc5ccccc5c5ccccc45)cccc3[C]23[SiH](C)[C]2(C(c4ccc(C)o4)=Cc4c(-c5cc6ccccc6c6ccccc56)cccc42)[Hf]32([Cl])([Cl])[C]3(C(c4ccc(C)o4)=Cc4c(-c5cc6ccccc6c6ccccc56)cccc43)[SiH](C)[C]23C(c2ccc(C)o2)=Cc2c(-c4cc5ccccc5c5ccccc45)cccc23)o1. The van der Waals surface area contributed by atoms with Crippen LogP contribution in [0.25, 0.3) is 177 Å². The first-order valence-corrected chi connectivity index (χ1v) is 63.9. The molecule has 0 N–H and O–H groups in total. The van der Waals surface area contributed by atoms with Gasteiger partial charge in [0.1, 0.15) is 0 Å². The Kier molecular flexibility index (Phi) is 14.5. The number of rotatable bonds is 8. The molecule has 6 heterocycles. The van der Waals surface area contributed by atoms with Gasteiger partial charge in [0.25, 0.3) is 0 Å². The number of halogens is 2. The van der Waals surface area contributed by atoms with Crippen LogP contribution in [0.2, 0.25) is 13.1 Å². The van der Waals surface area contributed by atoms with Crippen LogP contribution in [0.1, 0.15) is 90.6 Å². The van der Waals surface area contributed by atoms with E-state index in [1.807, 2.05) is 0 Å². The van der Waals surface area contributed by atoms with E-state index in [-0.39, 0.29) is 0 Å². The zero-order valence-corrected chi connectivity index (χ0v) is 76.1. The van der Waals surface area contributed by atoms with E-state index >= 15 is 0 Å². The summed E-state index contributed by atoms with van der Waals surface area (Å²) in [6.45, 7) is 13.8. The number of benzene rings is 16. The fourth-order valence-corrected chi connectivity index (χ4v) is 194. The van der Waals surface area contributed by atoms with Crippen molar-refractivity contribution in [3.05, 3.63) is 430 Å². The van der Waals surface area contributed by atoms with Gasteiger partial charge >= 0.3 is 727 Å². The van der Waals surface area contributed by atoms with Crippen molar-refractivity contribution >= 4 is 168 Å². The van der Waals surface area contributed by atoms with Crippen molar-refractivity contribution in [2.24, 2.45) is 0 Å². The molecule has 123 heavy (non-hydrogen) atoms. The van der Waals surface area contributed by atoms with Crippen molar-refractivity contribution < 1.29 is 32.3 Å². The first-order chi connectivity index (χ1) is 60.1. The molecule has 4 nitrogen and oxygen atoms in total. The first-order valence-electron chi connectivity index (χ1n) is 43.2. The van der Waals surface area contributed by atoms with Crippen molar-refractivity contribution in [1.82, 2.24) is 0 Å². The molecule has 586 valence electrons. The molecule has 4 atom stereocenters. The average molecular weight is 1820 g/mol. The van der Waals surface area contributed by atoms with Crippen molar-refractivity contribution in [1.29, 1.82) is 0 Å². The second-order valence-corrected chi connectivity index (χ2v) is 90.3. The van der Waals surface area contributed by atoms with Crippen LogP contribution in [-0.2, 0) is 25.8 Å². The molecule has 0 bridgehead atoms. The van der Waals surface area contributed by atoms with E-state index in [0.717, 1.165) is 200 Å². The molecule has 2 aliphatic heterocycles. The van der Waals surface area contributed by atoms with E-state index in [9.17, 15) is 17.2 Å². The molecule has 0 radical (unpaired) electrons. The van der Waals surface area contributed by atoms with Crippen LogP contribution in [0.4, 0.5) is 0 Å². The molecule has 6 aliphatic rings. The summed E-state index contributed by atoms with van der Waals surface area (Å²) in [4.78, 5) is 0. The molecule has 2 fully saturated rings. The number of aryl methyl sites for hydroxylation is 4. The second-order valence-electron chi connectivity index (χ2n) is 36.0. The molecule has 16 aromatic carbocycles. The topological polar surface area (TPSA) is 52.6 Å². The third-order valence-electron chi connectivity index (χ3n) is 31.4. The maximum absolute atomic E-state index is 12.5. The average Bonchev–Trinajstić information content (AvgIpc) is 1.48. The Morgan fingerprint density at radius 2 is 0.423 bits per heavy atom. The van der Waals surface area contributed by atoms with E-state index < -0.39 is 43.4 Å². The molecule has 4 aromatic heterocycles. The predicted molar refractivity (Wildman–Crippen MR) is 517 cm³/mol. The van der Waals surface area contributed by atoms with Crippen LogP contribution in [0, 0.1) is 27.7 Å². The zero-order chi connectivity index (χ0) is 82.2. The van der Waals surface area contributed by atoms with Gasteiger partial charge in [-0.25, -0.2) is 0 Å². The summed E-state index contributed by atoms with van der Waals surface area (Å²) in [6, 6.07) is 128. The predicted octanol–water partition coefficient (Wildman–Crippen LogP) is 30.7. The summed E-state index contributed by atoms with van der Waals surface area (Å²) in [7, 11) is 18.4. The summed E-state index contributed by atoms with van der Waals surface area (Å²) < 4.78 is 25.9. The monoisotopic (exact) mass is 1820 g/mol. The Bertz CT molecular complexity index is 7410. The Labute approximate surface area is 720 Å². The standard InChI is InChI=1S/2C57H40O2Si.2ClH.Hf/c2*1-34-26-28-54(58-34)52-32-50-44(48-30-36-14-4-6-16-38(36)40-18-8-10-20-42(40)48)22-12-24-46(50)56(52)60(3)57-47-25-13-23-45(51(47)33-53(57)55-29-27-35(2)59-55)49-31-37-15-5-7-17-39(37)41-19-9-11-21-43(41)49;;;/h2*4-33,60H,1-3H3;2*1H;/q;;;;+2/p-2. The van der Waals surface area contributed by atoms with Gasteiger partial charge in [-0.05, 0) is 0 Å². The van der Waals surface area contributed by atoms with Crippen molar-refractivity contribution in [2.75, 3.05) is 0 Å². The number of fused-ring (bicyclic) bond motifs is 24. The summed E-state index contributed by atoms with van der Waals surface area (Å²) in [6.07, 6.45) is 10.3. The summed E-state index contributed by atoms with van der Waals surface area (Å²) >= 11 is -9.22. The van der Waals surface area contributed by atoms with Gasteiger partial charge in [0.15, 0.2) is 0 Å². The normalized spacial score (nSPS) is 22.0. The van der Waals surface area contributed by atoms with Crippen LogP contribution < -0.4 is 0 Å². The Morgan fingerprint density at radius 3 is 0.634 bits per heavy atom. The number of hydrogen-bond acceptors (Lipinski definition) is 4. The van der Waals surface area contributed by atoms with Crippen LogP contribution in [-0.4, -0.2) is 17.6 Å². The Balaban J connectivity index is 0.931. The fraction of sp³-hybridized carbons (Fsp3) is 0.0877. The molecule has 4 unspecified atom stereocenters. The summed E-state index contributed by atoms with van der Waals surface area (Å²) in [5.74, 6) is 6.19. The summed E-state index contributed by atoms with van der Waals surface area (Å²) in [5.41, 5.74) is 21.9. The van der Waals surface area contributed by atoms with Gasteiger partial charge in [-0.1, -0.05) is 0 Å². The number of furan rings is 4. The van der Waals surface area contributed by atoms with E-state index in [2.05, 4.69) is 405 Å². The molecule has 2 saturated heterocycles. The molecule has 26 rings (SSSR count). The van der Waals surface area contributed by atoms with Crippen molar-refractivity contribution in [3.8, 4) is 44.5 Å². The van der Waals surface area contributed by atoms with Gasteiger partial charge in [0.2, 0.25) is 0 Å². The van der Waals surface area contributed by atoms with Gasteiger partial charge in [0, 0.05) is 0 Å². The Hall–Kier alpha value is -12.4. The van der Waals surface area contributed by atoms with Crippen molar-refractivity contribution in [2.45, 2.75) is 52.0 Å². The number of allylic oxidation sites excluding steroid dienone is 4. The van der Waals surface area contributed by atoms with Gasteiger partial charge < -0.3 is 0 Å². The molecule has 0 amide bonds. The van der Waals surface area contributed by atoms with Crippen LogP contribution in [0.15, 0.2) is 357 Å². The van der Waals surface area contributed by atoms with Gasteiger partial charge in [-0.2, -0.15) is 0 Å². The van der Waals surface area contributed by atoms with Crippen LogP contribution in [0.5, 0.6) is 0 Å². The summed E-state index contributed by atoms with van der Waals surface area (Å²) in [5, 5.41) is 18.8. The first kappa shape index (κ1) is 72.2. The van der Waals surface area contributed by atoms with Gasteiger partial charge in [0.05, 0.1) is 0 Å². The van der Waals surface area contributed by atoms with Gasteiger partial charge in [-0.15, -0.1) is 0 Å². The van der Waals surface area contributed by atoms with Crippen molar-refractivity contribution in [3.63, 3.8) is 0 Å². The second kappa shape index (κ2) is 24.7. The molecule has 5 spiro atoms. The molecule has 9 heteroatoms. The molecule has 0 saturated carbocycles. The number of hydrogen-bond donors (Lipinski definition) is 0. The van der Waals surface area contributed by atoms with E-state index in [4.69, 9.17) is 17.7 Å². The Morgan fingerprint density at radius 1 is 0.220 bits per heavy atom. The molecule has 20 aromatic rings. The molecular formula is C114H80Cl2HfO4Si2. The van der Waals surface area contributed by atoms with E-state index in [1.165, 1.54) is 43.1 Å². The van der Waals surface area contributed by atoms with Crippen LogP contribution >= 0.6 is 17.2 Å². The van der Waals surface area contributed by atoms with Gasteiger partial charge in [-0.3, -0.25) is 0 Å². The van der Waals surface area contributed by atoms with E-state index in [0.29, 0.717) is 0 Å². The minimum atomic E-state index is -9.22. The fourth-order valence-electron chi connectivity index (χ4n) is 27.9. The third-order valence-corrected chi connectivity index (χ3v) is 146. The third kappa shape index (κ3) is 8.10. The zero-order valence-electron chi connectivity index (χ0n) is 68.7. The van der Waals surface area contributed by atoms with E-state index in [1.54, 1.807) is 0 Å². The minimum absolute atomic E-state index is 0.756.